The third-order valence-corrected chi connectivity index (χ3v) is 5.27. The van der Waals surface area contributed by atoms with Crippen molar-refractivity contribution in [2.45, 2.75) is 84.0 Å². The monoisotopic (exact) mass is 339 g/mol. The maximum absolute atomic E-state index is 11.5. The van der Waals surface area contributed by atoms with Crippen LogP contribution in [0.25, 0.3) is 0 Å². The van der Waals surface area contributed by atoms with E-state index in [1.807, 2.05) is 6.07 Å². The van der Waals surface area contributed by atoms with Crippen LogP contribution in [0.4, 0.5) is 5.00 Å². The van der Waals surface area contributed by atoms with Gasteiger partial charge in [-0.2, -0.15) is 0 Å². The number of thiophene rings is 1. The number of rotatable bonds is 13. The molecule has 1 rings (SSSR count). The van der Waals surface area contributed by atoms with Crippen LogP contribution in [0.2, 0.25) is 0 Å². The van der Waals surface area contributed by atoms with Crippen molar-refractivity contribution in [3.05, 3.63) is 16.5 Å². The summed E-state index contributed by atoms with van der Waals surface area (Å²) in [4.78, 5) is 12.7. The molecule has 4 heteroatoms. The van der Waals surface area contributed by atoms with Crippen molar-refractivity contribution in [2.24, 2.45) is 0 Å². The molecule has 0 aliphatic carbocycles. The summed E-state index contributed by atoms with van der Waals surface area (Å²) in [6, 6.07) is 1.89. The Morgan fingerprint density at radius 1 is 1.00 bits per heavy atom. The Morgan fingerprint density at radius 3 is 2.04 bits per heavy atom. The SMILES string of the molecule is CCCCCCCCCCCCCc1cc(C(=O)OC)c(N)s1. The van der Waals surface area contributed by atoms with E-state index in [9.17, 15) is 4.79 Å². The average molecular weight is 340 g/mol. The Labute approximate surface area is 145 Å². The van der Waals surface area contributed by atoms with Crippen molar-refractivity contribution in [1.29, 1.82) is 0 Å². The van der Waals surface area contributed by atoms with Crippen LogP contribution in [0, 0.1) is 0 Å². The molecule has 0 saturated heterocycles. The van der Waals surface area contributed by atoms with E-state index in [0.717, 1.165) is 6.42 Å². The third-order valence-electron chi connectivity index (χ3n) is 4.24. The molecular formula is C19H33NO2S. The lowest BCUT2D eigenvalue weighted by Crippen LogP contribution is -2.01. The second-order valence-corrected chi connectivity index (χ2v) is 7.44. The Hall–Kier alpha value is -1.03. The fraction of sp³-hybridized carbons (Fsp3) is 0.737. The summed E-state index contributed by atoms with van der Waals surface area (Å²) in [7, 11) is 1.39. The highest BCUT2D eigenvalue weighted by Crippen LogP contribution is 2.27. The maximum Gasteiger partial charge on any atom is 0.340 e. The smallest absolute Gasteiger partial charge is 0.340 e. The number of carbonyl (C=O) groups is 1. The first kappa shape index (κ1) is 20.0. The molecule has 132 valence electrons. The summed E-state index contributed by atoms with van der Waals surface area (Å²) in [5.41, 5.74) is 6.39. The zero-order valence-electron chi connectivity index (χ0n) is 14.9. The molecule has 0 aliphatic rings. The number of unbranched alkanes of at least 4 members (excludes halogenated alkanes) is 10. The Morgan fingerprint density at radius 2 is 1.52 bits per heavy atom. The number of ether oxygens (including phenoxy) is 1. The lowest BCUT2D eigenvalue weighted by molar-refractivity contribution is 0.0602. The molecule has 0 saturated carbocycles. The van der Waals surface area contributed by atoms with Gasteiger partial charge in [0.05, 0.1) is 12.7 Å². The predicted octanol–water partition coefficient (Wildman–Crippen LogP) is 5.97. The number of hydrogen-bond acceptors (Lipinski definition) is 4. The quantitative estimate of drug-likeness (QED) is 0.356. The van der Waals surface area contributed by atoms with Crippen LogP contribution in [0.3, 0.4) is 0 Å². The van der Waals surface area contributed by atoms with Crippen LogP contribution in [-0.2, 0) is 11.2 Å². The highest BCUT2D eigenvalue weighted by Gasteiger charge is 2.13. The summed E-state index contributed by atoms with van der Waals surface area (Å²) in [6.45, 7) is 2.26. The van der Waals surface area contributed by atoms with Gasteiger partial charge in [0.15, 0.2) is 0 Å². The lowest BCUT2D eigenvalue weighted by Gasteiger charge is -2.02. The van der Waals surface area contributed by atoms with Crippen molar-refractivity contribution in [2.75, 3.05) is 12.8 Å². The van der Waals surface area contributed by atoms with Gasteiger partial charge >= 0.3 is 5.97 Å². The van der Waals surface area contributed by atoms with E-state index in [-0.39, 0.29) is 5.97 Å². The zero-order valence-corrected chi connectivity index (χ0v) is 15.7. The molecule has 0 spiro atoms. The van der Waals surface area contributed by atoms with Crippen LogP contribution < -0.4 is 5.73 Å². The molecule has 0 atom stereocenters. The topological polar surface area (TPSA) is 52.3 Å². The number of hydrogen-bond donors (Lipinski definition) is 1. The molecule has 1 aromatic rings. The number of anilines is 1. The molecule has 0 radical (unpaired) electrons. The van der Waals surface area contributed by atoms with Crippen molar-refractivity contribution in [3.63, 3.8) is 0 Å². The fourth-order valence-electron chi connectivity index (χ4n) is 2.81. The minimum absolute atomic E-state index is 0.330. The van der Waals surface area contributed by atoms with Crippen LogP contribution in [0.15, 0.2) is 6.07 Å². The second kappa shape index (κ2) is 12.4. The van der Waals surface area contributed by atoms with Gasteiger partial charge in [-0.15, -0.1) is 11.3 Å². The van der Waals surface area contributed by atoms with Gasteiger partial charge in [0.2, 0.25) is 0 Å². The standard InChI is InChI=1S/C19H33NO2S/c1-3-4-5-6-7-8-9-10-11-12-13-14-16-15-17(18(20)23-16)19(21)22-2/h15H,3-14,20H2,1-2H3. The second-order valence-electron chi connectivity index (χ2n) is 6.27. The van der Waals surface area contributed by atoms with Gasteiger partial charge in [-0.25, -0.2) is 4.79 Å². The number of esters is 1. The molecule has 23 heavy (non-hydrogen) atoms. The van der Waals surface area contributed by atoms with Crippen LogP contribution >= 0.6 is 11.3 Å². The number of nitrogen functional groups attached to an aromatic ring is 1. The van der Waals surface area contributed by atoms with Crippen LogP contribution in [-0.4, -0.2) is 13.1 Å². The molecule has 0 unspecified atom stereocenters. The fourth-order valence-corrected chi connectivity index (χ4v) is 3.77. The number of carbonyl (C=O) groups excluding carboxylic acids is 1. The van der Waals surface area contributed by atoms with Gasteiger partial charge in [0.25, 0.3) is 0 Å². The number of methoxy groups -OCH3 is 1. The highest BCUT2D eigenvalue weighted by molar-refractivity contribution is 7.16. The Balaban J connectivity index is 2.02. The van der Waals surface area contributed by atoms with Crippen molar-refractivity contribution >= 4 is 22.3 Å². The van der Waals surface area contributed by atoms with Gasteiger partial charge in [0.1, 0.15) is 5.00 Å². The van der Waals surface area contributed by atoms with Gasteiger partial charge in [-0.1, -0.05) is 71.1 Å². The molecule has 1 heterocycles. The van der Waals surface area contributed by atoms with Gasteiger partial charge < -0.3 is 10.5 Å². The van der Waals surface area contributed by atoms with Gasteiger partial charge in [-0.05, 0) is 18.9 Å². The minimum Gasteiger partial charge on any atom is -0.465 e. The molecule has 3 nitrogen and oxygen atoms in total. The summed E-state index contributed by atoms with van der Waals surface area (Å²) in [6.07, 6.45) is 15.9. The van der Waals surface area contributed by atoms with Crippen LogP contribution in [0.5, 0.6) is 0 Å². The molecule has 0 amide bonds. The van der Waals surface area contributed by atoms with E-state index in [2.05, 4.69) is 6.92 Å². The summed E-state index contributed by atoms with van der Waals surface area (Å²) >= 11 is 1.52. The van der Waals surface area contributed by atoms with Crippen molar-refractivity contribution in [1.82, 2.24) is 0 Å². The largest absolute Gasteiger partial charge is 0.465 e. The third kappa shape index (κ3) is 8.40. The predicted molar refractivity (Wildman–Crippen MR) is 100 cm³/mol. The molecule has 2 N–H and O–H groups in total. The first-order chi connectivity index (χ1) is 11.2. The first-order valence-corrected chi connectivity index (χ1v) is 9.97. The highest BCUT2D eigenvalue weighted by atomic mass is 32.1. The lowest BCUT2D eigenvalue weighted by atomic mass is 10.0. The summed E-state index contributed by atoms with van der Waals surface area (Å²) in [5.74, 6) is -0.330. The van der Waals surface area contributed by atoms with E-state index in [0.29, 0.717) is 10.6 Å². The normalized spacial score (nSPS) is 10.9. The minimum atomic E-state index is -0.330. The number of nitrogens with two attached hydrogens (primary N) is 1. The van der Waals surface area contributed by atoms with Gasteiger partial charge in [-0.3, -0.25) is 0 Å². The average Bonchev–Trinajstić information content (AvgIpc) is 2.92. The Kier molecular flexibility index (Phi) is 10.8. The molecule has 0 bridgehead atoms. The summed E-state index contributed by atoms with van der Waals surface area (Å²) < 4.78 is 4.73. The van der Waals surface area contributed by atoms with Crippen molar-refractivity contribution in [3.8, 4) is 0 Å². The van der Waals surface area contributed by atoms with E-state index in [1.165, 1.54) is 94.0 Å². The van der Waals surface area contributed by atoms with Crippen molar-refractivity contribution < 1.29 is 9.53 Å². The number of aryl methyl sites for hydroxylation is 1. The molecule has 1 aromatic heterocycles. The zero-order chi connectivity index (χ0) is 16.9. The van der Waals surface area contributed by atoms with E-state index in [4.69, 9.17) is 10.5 Å². The molecular weight excluding hydrogens is 306 g/mol. The van der Waals surface area contributed by atoms with E-state index in [1.54, 1.807) is 0 Å². The molecule has 0 aliphatic heterocycles. The molecule has 0 fully saturated rings. The Bertz CT molecular complexity index is 443. The van der Waals surface area contributed by atoms with E-state index < -0.39 is 0 Å². The van der Waals surface area contributed by atoms with E-state index >= 15 is 0 Å². The van der Waals surface area contributed by atoms with Gasteiger partial charge in [0, 0.05) is 4.88 Å². The first-order valence-electron chi connectivity index (χ1n) is 9.15. The molecule has 0 aromatic carbocycles. The maximum atomic E-state index is 11.5. The summed E-state index contributed by atoms with van der Waals surface area (Å²) in [5, 5.41) is 0.579. The van der Waals surface area contributed by atoms with Crippen LogP contribution in [0.1, 0.15) is 92.8 Å².